The second kappa shape index (κ2) is 24.1. The molecule has 0 aliphatic carbocycles. The number of ketones is 1. The number of Topliss-reactive ketones (excluding diaryl/α,β-unsaturated/α-hetero) is 1. The first kappa shape index (κ1) is 38.2. The van der Waals surface area contributed by atoms with Crippen molar-refractivity contribution in [2.45, 2.75) is 61.8 Å². The number of benzene rings is 4. The third-order valence-electron chi connectivity index (χ3n) is 5.20. The average Bonchev–Trinajstić information content (AvgIpc) is 2.97. The molecule has 0 aromatic heterocycles. The molecular weight excluding hydrogens is 488 g/mol. The van der Waals surface area contributed by atoms with E-state index < -0.39 is 0 Å². The van der Waals surface area contributed by atoms with E-state index in [4.69, 9.17) is 5.11 Å². The van der Waals surface area contributed by atoms with Gasteiger partial charge in [-0.1, -0.05) is 139 Å². The van der Waals surface area contributed by atoms with Crippen LogP contribution in [0.3, 0.4) is 0 Å². The van der Waals surface area contributed by atoms with Crippen molar-refractivity contribution in [3.63, 3.8) is 0 Å². The fourth-order valence-corrected chi connectivity index (χ4v) is 2.96. The second-order valence-corrected chi connectivity index (χ2v) is 8.91. The number of carbonyl (C=O) groups excluding carboxylic acids is 1. The number of rotatable bonds is 3. The Kier molecular flexibility index (Phi) is 23.1. The summed E-state index contributed by atoms with van der Waals surface area (Å²) in [5, 5.41) is 7.57. The minimum atomic E-state index is 0.175. The number of carbonyl (C=O) groups is 1. The molecule has 2 heteroatoms. The van der Waals surface area contributed by atoms with Crippen molar-refractivity contribution in [3.05, 3.63) is 148 Å². The van der Waals surface area contributed by atoms with Gasteiger partial charge >= 0.3 is 0 Å². The normalized spacial score (nSPS) is 8.70. The van der Waals surface area contributed by atoms with Gasteiger partial charge in [-0.2, -0.15) is 0 Å². The summed E-state index contributed by atoms with van der Waals surface area (Å²) in [6, 6.07) is 32.5. The molecule has 0 amide bonds. The molecule has 2 nitrogen and oxygen atoms in total. The van der Waals surface area contributed by atoms with Gasteiger partial charge in [0.2, 0.25) is 0 Å². The van der Waals surface area contributed by atoms with Crippen LogP contribution < -0.4 is 0 Å². The molecule has 4 aromatic carbocycles. The molecule has 0 saturated carbocycles. The topological polar surface area (TPSA) is 37.3 Å². The van der Waals surface area contributed by atoms with Gasteiger partial charge in [-0.3, -0.25) is 4.79 Å². The Balaban J connectivity index is 0. The highest BCUT2D eigenvalue weighted by molar-refractivity contribution is 5.97. The maximum atomic E-state index is 12.0. The maximum absolute atomic E-state index is 12.0. The van der Waals surface area contributed by atoms with Gasteiger partial charge in [0.05, 0.1) is 0 Å². The molecule has 4 rings (SSSR count). The Hall–Kier alpha value is -3.93. The molecule has 0 spiro atoms. The molecule has 0 atom stereocenters. The SMILES string of the molecule is C#C.CC.CCO.Cc1ccc(C)cc1.Cc1ccc(CC(=O)c2ccc(C)cc2)cc1.[CH2]c1ccc(C)cc1. The van der Waals surface area contributed by atoms with E-state index >= 15 is 0 Å². The zero-order valence-corrected chi connectivity index (χ0v) is 25.9. The molecule has 0 unspecified atom stereocenters. The predicted octanol–water partition coefficient (Wildman–Crippen LogP) is 9.48. The van der Waals surface area contributed by atoms with E-state index in [0.29, 0.717) is 6.42 Å². The van der Waals surface area contributed by atoms with Gasteiger partial charge in [0.25, 0.3) is 0 Å². The Labute approximate surface area is 245 Å². The number of hydrogen-bond donors (Lipinski definition) is 1. The Morgan fingerprint density at radius 1 is 0.600 bits per heavy atom. The first-order valence-corrected chi connectivity index (χ1v) is 13.7. The van der Waals surface area contributed by atoms with Gasteiger partial charge in [-0.15, -0.1) is 12.8 Å². The van der Waals surface area contributed by atoms with E-state index in [-0.39, 0.29) is 12.4 Å². The Bertz CT molecular complexity index is 1080. The first-order valence-electron chi connectivity index (χ1n) is 13.7. The molecule has 213 valence electrons. The van der Waals surface area contributed by atoms with E-state index in [0.717, 1.165) is 16.7 Å². The number of aryl methyl sites for hydroxylation is 5. The third-order valence-corrected chi connectivity index (χ3v) is 5.20. The van der Waals surface area contributed by atoms with Crippen LogP contribution in [0.1, 0.15) is 70.1 Å². The minimum absolute atomic E-state index is 0.175. The molecule has 0 heterocycles. The lowest BCUT2D eigenvalue weighted by Crippen LogP contribution is -2.03. The zero-order valence-electron chi connectivity index (χ0n) is 25.9. The summed E-state index contributed by atoms with van der Waals surface area (Å²) in [4.78, 5) is 12.0. The lowest BCUT2D eigenvalue weighted by atomic mass is 10.0. The molecule has 40 heavy (non-hydrogen) atoms. The van der Waals surface area contributed by atoms with Crippen LogP contribution in [0.2, 0.25) is 0 Å². The molecule has 4 aromatic rings. The summed E-state index contributed by atoms with van der Waals surface area (Å²) in [6.07, 6.45) is 8.48. The van der Waals surface area contributed by atoms with Crippen molar-refractivity contribution in [2.75, 3.05) is 6.61 Å². The van der Waals surface area contributed by atoms with E-state index in [9.17, 15) is 4.79 Å². The summed E-state index contributed by atoms with van der Waals surface area (Å²) in [5.74, 6) is 0.175. The average molecular weight is 538 g/mol. The summed E-state index contributed by atoms with van der Waals surface area (Å²) in [5.41, 5.74) is 9.28. The highest BCUT2D eigenvalue weighted by atomic mass is 16.2. The Morgan fingerprint density at radius 2 is 0.850 bits per heavy atom. The van der Waals surface area contributed by atoms with Crippen LogP contribution in [0.25, 0.3) is 0 Å². The fourth-order valence-electron chi connectivity index (χ4n) is 2.96. The van der Waals surface area contributed by atoms with Crippen molar-refractivity contribution in [1.29, 1.82) is 0 Å². The number of aliphatic hydroxyl groups is 1. The summed E-state index contributed by atoms with van der Waals surface area (Å²) >= 11 is 0. The van der Waals surface area contributed by atoms with Gasteiger partial charge in [0, 0.05) is 18.6 Å². The monoisotopic (exact) mass is 537 g/mol. The summed E-state index contributed by atoms with van der Waals surface area (Å²) in [7, 11) is 0. The van der Waals surface area contributed by atoms with Crippen LogP contribution in [-0.2, 0) is 6.42 Å². The highest BCUT2D eigenvalue weighted by Crippen LogP contribution is 2.10. The number of hydrogen-bond acceptors (Lipinski definition) is 2. The standard InChI is InChI=1S/C16H16O.C8H10.C8H9.C2H6O.C2H6.C2H2/c1-12-3-7-14(8-4-12)11-16(17)15-9-5-13(2)6-10-15;2*1-7-3-5-8(2)6-4-7;1-2-3;2*1-2/h3-10H,11H2,1-2H3;3-6H,1-2H3;3-6H,1H2,2H3;3H,2H2,1H3;1-2H3;1-2H. The molecule has 0 aliphatic rings. The van der Waals surface area contributed by atoms with Crippen LogP contribution >= 0.6 is 0 Å². The Morgan fingerprint density at radius 3 is 1.15 bits per heavy atom. The summed E-state index contributed by atoms with van der Waals surface area (Å²) < 4.78 is 0. The summed E-state index contributed by atoms with van der Waals surface area (Å²) in [6.45, 7) is 20.0. The van der Waals surface area contributed by atoms with Crippen LogP contribution in [-0.4, -0.2) is 17.5 Å². The van der Waals surface area contributed by atoms with Gasteiger partial charge in [0.1, 0.15) is 0 Å². The third kappa shape index (κ3) is 19.2. The molecule has 0 bridgehead atoms. The molecule has 1 radical (unpaired) electrons. The number of terminal acetylenes is 1. The molecule has 0 saturated heterocycles. The molecule has 0 fully saturated rings. The minimum Gasteiger partial charge on any atom is -0.397 e. The zero-order chi connectivity index (χ0) is 30.9. The van der Waals surface area contributed by atoms with Gasteiger partial charge in [-0.05, 0) is 59.6 Å². The van der Waals surface area contributed by atoms with Crippen molar-refractivity contribution >= 4 is 5.78 Å². The van der Waals surface area contributed by atoms with Gasteiger partial charge < -0.3 is 5.11 Å². The molecular formula is C38H49O2. The first-order chi connectivity index (χ1) is 19.1. The molecule has 0 aliphatic heterocycles. The second-order valence-electron chi connectivity index (χ2n) is 8.91. The van der Waals surface area contributed by atoms with E-state index in [2.05, 4.69) is 76.9 Å². The fraction of sp³-hybridized carbons (Fsp3) is 0.263. The van der Waals surface area contributed by atoms with Gasteiger partial charge in [-0.25, -0.2) is 0 Å². The lowest BCUT2D eigenvalue weighted by molar-refractivity contribution is 0.0993. The van der Waals surface area contributed by atoms with Crippen LogP contribution in [0.4, 0.5) is 0 Å². The maximum Gasteiger partial charge on any atom is 0.167 e. The van der Waals surface area contributed by atoms with Crippen molar-refractivity contribution in [2.24, 2.45) is 0 Å². The molecule has 1 N–H and O–H groups in total. The van der Waals surface area contributed by atoms with E-state index in [1.807, 2.05) is 88.4 Å². The van der Waals surface area contributed by atoms with Crippen LogP contribution in [0.5, 0.6) is 0 Å². The largest absolute Gasteiger partial charge is 0.397 e. The van der Waals surface area contributed by atoms with Crippen LogP contribution in [0, 0.1) is 54.4 Å². The van der Waals surface area contributed by atoms with Crippen molar-refractivity contribution in [1.82, 2.24) is 0 Å². The number of aliphatic hydroxyl groups excluding tert-OH is 1. The van der Waals surface area contributed by atoms with Crippen LogP contribution in [0.15, 0.2) is 97.1 Å². The quantitative estimate of drug-likeness (QED) is 0.209. The predicted molar refractivity (Wildman–Crippen MR) is 176 cm³/mol. The lowest BCUT2D eigenvalue weighted by Gasteiger charge is -2.02. The van der Waals surface area contributed by atoms with Gasteiger partial charge in [0.15, 0.2) is 5.78 Å². The highest BCUT2D eigenvalue weighted by Gasteiger charge is 2.06. The van der Waals surface area contributed by atoms with Crippen molar-refractivity contribution < 1.29 is 9.90 Å². The van der Waals surface area contributed by atoms with E-state index in [1.165, 1.54) is 27.8 Å². The smallest absolute Gasteiger partial charge is 0.167 e. The van der Waals surface area contributed by atoms with Crippen molar-refractivity contribution in [3.8, 4) is 12.8 Å². The van der Waals surface area contributed by atoms with E-state index in [1.54, 1.807) is 6.92 Å².